The fraction of sp³-hybridized carbons (Fsp3) is 0.875. The van der Waals surface area contributed by atoms with Crippen molar-refractivity contribution in [1.82, 2.24) is 4.90 Å². The highest BCUT2D eigenvalue weighted by molar-refractivity contribution is 7.80. The molecule has 0 aromatic heterocycles. The van der Waals surface area contributed by atoms with Crippen LogP contribution in [0, 0.1) is 0 Å². The molecule has 12 heavy (non-hydrogen) atoms. The van der Waals surface area contributed by atoms with Crippen molar-refractivity contribution in [2.75, 3.05) is 5.75 Å². The number of amides is 1. The Morgan fingerprint density at radius 2 is 2.00 bits per heavy atom. The van der Waals surface area contributed by atoms with E-state index in [1.165, 1.54) is 4.90 Å². The number of hydrogen-bond donors (Lipinski definition) is 2. The molecule has 0 heterocycles. The maximum atomic E-state index is 10.8. The van der Waals surface area contributed by atoms with Gasteiger partial charge in [0.05, 0.1) is 0 Å². The Balaban J connectivity index is 4.56. The van der Waals surface area contributed by atoms with Gasteiger partial charge in [-0.1, -0.05) is 0 Å². The first-order valence-electron chi connectivity index (χ1n) is 3.93. The number of rotatable bonds is 2. The normalized spacial score (nSPS) is 14.1. The lowest BCUT2D eigenvalue weighted by Gasteiger charge is -2.37. The largest absolute Gasteiger partial charge is 0.465 e. The van der Waals surface area contributed by atoms with Crippen LogP contribution >= 0.6 is 12.6 Å². The molecule has 0 aromatic rings. The topological polar surface area (TPSA) is 40.5 Å². The van der Waals surface area contributed by atoms with Crippen molar-refractivity contribution >= 4 is 18.7 Å². The van der Waals surface area contributed by atoms with Gasteiger partial charge in [-0.15, -0.1) is 0 Å². The van der Waals surface area contributed by atoms with Gasteiger partial charge in [-0.3, -0.25) is 0 Å². The highest BCUT2D eigenvalue weighted by Crippen LogP contribution is 2.17. The Morgan fingerprint density at radius 3 is 2.08 bits per heavy atom. The highest BCUT2D eigenvalue weighted by atomic mass is 32.1. The molecule has 1 amide bonds. The first kappa shape index (κ1) is 11.6. The van der Waals surface area contributed by atoms with Crippen molar-refractivity contribution in [3.05, 3.63) is 0 Å². The quantitative estimate of drug-likeness (QED) is 0.656. The second kappa shape index (κ2) is 4.03. The van der Waals surface area contributed by atoms with Gasteiger partial charge >= 0.3 is 6.09 Å². The summed E-state index contributed by atoms with van der Waals surface area (Å²) in [6, 6.07) is -0.0502. The first-order chi connectivity index (χ1) is 5.30. The second-order valence-corrected chi connectivity index (χ2v) is 4.22. The van der Waals surface area contributed by atoms with Gasteiger partial charge in [0.15, 0.2) is 0 Å². The van der Waals surface area contributed by atoms with Gasteiger partial charge in [0.2, 0.25) is 0 Å². The number of hydrogen-bond acceptors (Lipinski definition) is 2. The fourth-order valence-corrected chi connectivity index (χ4v) is 1.38. The molecular weight excluding hydrogens is 174 g/mol. The van der Waals surface area contributed by atoms with Gasteiger partial charge in [-0.05, 0) is 27.7 Å². The van der Waals surface area contributed by atoms with Crippen molar-refractivity contribution in [2.24, 2.45) is 0 Å². The monoisotopic (exact) mass is 191 g/mol. The van der Waals surface area contributed by atoms with Crippen molar-refractivity contribution in [3.8, 4) is 0 Å². The third-order valence-electron chi connectivity index (χ3n) is 1.63. The Labute approximate surface area is 79.2 Å². The van der Waals surface area contributed by atoms with Crippen LogP contribution in [0.4, 0.5) is 4.79 Å². The van der Waals surface area contributed by atoms with Crippen LogP contribution < -0.4 is 0 Å². The van der Waals surface area contributed by atoms with Crippen LogP contribution in [0.2, 0.25) is 0 Å². The molecule has 0 bridgehead atoms. The van der Waals surface area contributed by atoms with Crippen LogP contribution in [0.1, 0.15) is 27.7 Å². The molecule has 0 aliphatic rings. The molecule has 1 N–H and O–H groups in total. The zero-order chi connectivity index (χ0) is 9.94. The molecule has 0 radical (unpaired) electrons. The molecule has 1 atom stereocenters. The lowest BCUT2D eigenvalue weighted by molar-refractivity contribution is 0.0820. The van der Waals surface area contributed by atoms with E-state index < -0.39 is 6.09 Å². The lowest BCUT2D eigenvalue weighted by Crippen LogP contribution is -2.50. The van der Waals surface area contributed by atoms with Crippen molar-refractivity contribution in [1.29, 1.82) is 0 Å². The van der Waals surface area contributed by atoms with Crippen LogP contribution in [0.25, 0.3) is 0 Å². The van der Waals surface area contributed by atoms with E-state index in [0.29, 0.717) is 5.75 Å². The molecule has 72 valence electrons. The summed E-state index contributed by atoms with van der Waals surface area (Å²) in [6.45, 7) is 7.48. The van der Waals surface area contributed by atoms with E-state index in [0.717, 1.165) is 0 Å². The smallest absolute Gasteiger partial charge is 0.407 e. The molecule has 0 saturated heterocycles. The molecule has 4 heteroatoms. The molecular formula is C8H17NO2S. The predicted molar refractivity (Wildman–Crippen MR) is 52.9 cm³/mol. The van der Waals surface area contributed by atoms with Crippen molar-refractivity contribution < 1.29 is 9.90 Å². The molecule has 0 fully saturated rings. The SMILES string of the molecule is C[C@@H](CS)N(C(=O)O)C(C)(C)C. The summed E-state index contributed by atoms with van der Waals surface area (Å²) in [7, 11) is 0. The van der Waals surface area contributed by atoms with E-state index in [2.05, 4.69) is 12.6 Å². The summed E-state index contributed by atoms with van der Waals surface area (Å²) in [5.74, 6) is 0.545. The number of carboxylic acid groups (broad SMARTS) is 1. The first-order valence-corrected chi connectivity index (χ1v) is 4.57. The van der Waals surface area contributed by atoms with E-state index in [4.69, 9.17) is 5.11 Å². The van der Waals surface area contributed by atoms with Crippen molar-refractivity contribution in [2.45, 2.75) is 39.3 Å². The van der Waals surface area contributed by atoms with Crippen LogP contribution in [-0.4, -0.2) is 33.4 Å². The van der Waals surface area contributed by atoms with E-state index in [1.807, 2.05) is 27.7 Å². The van der Waals surface area contributed by atoms with E-state index in [9.17, 15) is 4.79 Å². The maximum absolute atomic E-state index is 10.8. The van der Waals surface area contributed by atoms with Gasteiger partial charge in [-0.25, -0.2) is 4.79 Å². The van der Waals surface area contributed by atoms with Crippen LogP contribution in [0.15, 0.2) is 0 Å². The average molecular weight is 191 g/mol. The molecule has 0 rings (SSSR count). The minimum absolute atomic E-state index is 0.0502. The van der Waals surface area contributed by atoms with Gasteiger partial charge in [0.1, 0.15) is 0 Å². The Hall–Kier alpha value is -0.380. The molecule has 0 unspecified atom stereocenters. The summed E-state index contributed by atoms with van der Waals surface area (Å²) in [5.41, 5.74) is -0.353. The summed E-state index contributed by atoms with van der Waals surface area (Å²) < 4.78 is 0. The highest BCUT2D eigenvalue weighted by Gasteiger charge is 2.29. The molecule has 3 nitrogen and oxygen atoms in total. The van der Waals surface area contributed by atoms with Gasteiger partial charge in [0.25, 0.3) is 0 Å². The molecule has 0 aliphatic heterocycles. The molecule has 0 saturated carbocycles. The fourth-order valence-electron chi connectivity index (χ4n) is 1.22. The Kier molecular flexibility index (Phi) is 3.90. The van der Waals surface area contributed by atoms with Crippen LogP contribution in [0.5, 0.6) is 0 Å². The van der Waals surface area contributed by atoms with Gasteiger partial charge < -0.3 is 10.0 Å². The Bertz CT molecular complexity index is 165. The van der Waals surface area contributed by atoms with Gasteiger partial charge in [-0.2, -0.15) is 12.6 Å². The van der Waals surface area contributed by atoms with Crippen molar-refractivity contribution in [3.63, 3.8) is 0 Å². The number of carbonyl (C=O) groups is 1. The number of thiol groups is 1. The van der Waals surface area contributed by atoms with E-state index in [1.54, 1.807) is 0 Å². The summed E-state index contributed by atoms with van der Waals surface area (Å²) in [4.78, 5) is 12.3. The minimum atomic E-state index is -0.885. The predicted octanol–water partition coefficient (Wildman–Crippen LogP) is 2.08. The molecule has 0 aliphatic carbocycles. The second-order valence-electron chi connectivity index (χ2n) is 3.85. The molecule has 0 spiro atoms. The molecule has 0 aromatic carbocycles. The zero-order valence-corrected chi connectivity index (χ0v) is 8.93. The van der Waals surface area contributed by atoms with E-state index >= 15 is 0 Å². The minimum Gasteiger partial charge on any atom is -0.465 e. The third-order valence-corrected chi connectivity index (χ3v) is 2.16. The van der Waals surface area contributed by atoms with Crippen LogP contribution in [0.3, 0.4) is 0 Å². The summed E-state index contributed by atoms with van der Waals surface area (Å²) in [6.07, 6.45) is -0.885. The van der Waals surface area contributed by atoms with E-state index in [-0.39, 0.29) is 11.6 Å². The number of nitrogens with zero attached hydrogens (tertiary/aromatic N) is 1. The van der Waals surface area contributed by atoms with Gasteiger partial charge in [0, 0.05) is 17.3 Å². The summed E-state index contributed by atoms with van der Waals surface area (Å²) in [5, 5.41) is 8.90. The maximum Gasteiger partial charge on any atom is 0.407 e. The van der Waals surface area contributed by atoms with Crippen LogP contribution in [-0.2, 0) is 0 Å². The standard InChI is InChI=1S/C8H17NO2S/c1-6(5-12)9(7(10)11)8(2,3)4/h6,12H,5H2,1-4H3,(H,10,11)/t6-/m0/s1. The summed E-state index contributed by atoms with van der Waals surface area (Å²) >= 11 is 4.08. The Morgan fingerprint density at radius 1 is 1.58 bits per heavy atom. The third kappa shape index (κ3) is 2.93. The average Bonchev–Trinajstić information content (AvgIpc) is 1.83. The zero-order valence-electron chi connectivity index (χ0n) is 8.03. The lowest BCUT2D eigenvalue weighted by atomic mass is 10.0.